The number of carbonyl (C=O) groups excluding carboxylic acids is 2. The van der Waals surface area contributed by atoms with Crippen molar-refractivity contribution in [3.8, 4) is 5.75 Å². The topological polar surface area (TPSA) is 187 Å². The Morgan fingerprint density at radius 3 is 1.42 bits per heavy atom. The van der Waals surface area contributed by atoms with E-state index < -0.39 is 27.6 Å². The van der Waals surface area contributed by atoms with Gasteiger partial charge < -0.3 is 10.6 Å². The quantitative estimate of drug-likeness (QED) is 0.0529. The Morgan fingerprint density at radius 2 is 1.04 bits per heavy atom. The molecule has 0 fully saturated rings. The van der Waals surface area contributed by atoms with Crippen LogP contribution >= 0.6 is 0 Å². The third-order valence-electron chi connectivity index (χ3n) is 8.73. The molecular formula is C36H45MoN4O9S3. The summed E-state index contributed by atoms with van der Waals surface area (Å²) in [5.74, 6) is -1.08. The zero-order valence-electron chi connectivity index (χ0n) is 30.2. The molecule has 0 saturated heterocycles. The molecule has 0 atom stereocenters. The average molecular weight is 870 g/mol. The minimum atomic E-state index is -4.43. The first-order chi connectivity index (χ1) is 24.8. The van der Waals surface area contributed by atoms with Crippen LogP contribution < -0.4 is 10.6 Å². The van der Waals surface area contributed by atoms with Gasteiger partial charge in [0.2, 0.25) is 11.8 Å². The third-order valence-corrected chi connectivity index (χ3v) is 14.8. The summed E-state index contributed by atoms with van der Waals surface area (Å²) in [4.78, 5) is 23.3. The molecule has 3 N–H and O–H groups in total. The van der Waals surface area contributed by atoms with E-state index in [4.69, 9.17) is 0 Å². The van der Waals surface area contributed by atoms with Crippen molar-refractivity contribution in [3.63, 3.8) is 0 Å². The summed E-state index contributed by atoms with van der Waals surface area (Å²) in [5, 5.41) is 17.6. The Labute approximate surface area is 321 Å². The summed E-state index contributed by atoms with van der Waals surface area (Å²) in [7, 11) is -12.7. The minimum absolute atomic E-state index is 0.00785. The summed E-state index contributed by atoms with van der Waals surface area (Å²) in [6.45, 7) is 14.5. The van der Waals surface area contributed by atoms with Gasteiger partial charge in [0, 0.05) is 11.1 Å². The van der Waals surface area contributed by atoms with Crippen molar-refractivity contribution in [1.29, 1.82) is 0 Å². The summed E-state index contributed by atoms with van der Waals surface area (Å²) in [5.41, 5.74) is 0.619. The SMILES string of the molecule is C=C(C)C(=O)NCCCN(CCC)S(=O)(=O)c1cc(S(=O)(=O)N(CCC)CCCNC(=O)C(=C)C)c2ccc3c([S](=O)(=O)[Mo])cc(O)c4ccc1c2c43. The first-order valence-corrected chi connectivity index (χ1v) is 23.8. The third kappa shape index (κ3) is 8.95. The molecule has 0 aliphatic carbocycles. The van der Waals surface area contributed by atoms with Crippen molar-refractivity contribution in [2.75, 3.05) is 39.3 Å². The van der Waals surface area contributed by atoms with Gasteiger partial charge in [-0.1, -0.05) is 13.2 Å². The second kappa shape index (κ2) is 16.9. The van der Waals surface area contributed by atoms with Crippen molar-refractivity contribution in [3.05, 3.63) is 60.7 Å². The number of rotatable bonds is 19. The predicted molar refractivity (Wildman–Crippen MR) is 202 cm³/mol. The van der Waals surface area contributed by atoms with Crippen LogP contribution in [0.1, 0.15) is 53.4 Å². The fourth-order valence-corrected chi connectivity index (χ4v) is 11.6. The predicted octanol–water partition coefficient (Wildman–Crippen LogP) is 4.49. The Kier molecular flexibility index (Phi) is 13.5. The zero-order valence-corrected chi connectivity index (χ0v) is 34.6. The first kappa shape index (κ1) is 42.3. The number of phenols is 1. The van der Waals surface area contributed by atoms with Gasteiger partial charge >= 0.3 is 253 Å². The van der Waals surface area contributed by atoms with Gasteiger partial charge in [-0.15, -0.1) is 0 Å². The van der Waals surface area contributed by atoms with E-state index in [1.807, 2.05) is 13.8 Å². The van der Waals surface area contributed by atoms with Gasteiger partial charge in [0.1, 0.15) is 0 Å². The second-order valence-corrected chi connectivity index (χ2v) is 21.3. The van der Waals surface area contributed by atoms with Crippen molar-refractivity contribution < 1.29 is 58.5 Å². The maximum atomic E-state index is 14.7. The van der Waals surface area contributed by atoms with E-state index in [0.29, 0.717) is 24.0 Å². The molecule has 2 amide bonds. The van der Waals surface area contributed by atoms with Gasteiger partial charge in [-0.2, -0.15) is 0 Å². The van der Waals surface area contributed by atoms with E-state index in [9.17, 15) is 39.9 Å². The summed E-state index contributed by atoms with van der Waals surface area (Å²) in [6.07, 6.45) is 1.39. The first-order valence-electron chi connectivity index (χ1n) is 17.1. The van der Waals surface area contributed by atoms with Gasteiger partial charge in [-0.3, -0.25) is 9.59 Å². The van der Waals surface area contributed by atoms with Crippen molar-refractivity contribution in [2.24, 2.45) is 0 Å². The molecule has 0 bridgehead atoms. The molecule has 4 rings (SSSR count). The molecule has 0 saturated carbocycles. The van der Waals surface area contributed by atoms with Gasteiger partial charge in [0.25, 0.3) is 0 Å². The number of hydrogen-bond acceptors (Lipinski definition) is 9. The molecule has 0 unspecified atom stereocenters. The van der Waals surface area contributed by atoms with E-state index in [1.54, 1.807) is 13.8 Å². The molecule has 0 aliphatic rings. The Hall–Kier alpha value is -3.40. The summed E-state index contributed by atoms with van der Waals surface area (Å²) in [6, 6.07) is 8.26. The van der Waals surface area contributed by atoms with Crippen LogP contribution in [0, 0.1) is 0 Å². The number of benzene rings is 4. The summed E-state index contributed by atoms with van der Waals surface area (Å²) < 4.78 is 87.3. The fourth-order valence-electron chi connectivity index (χ4n) is 6.21. The normalized spacial score (nSPS) is 12.6. The van der Waals surface area contributed by atoms with E-state index in [2.05, 4.69) is 23.8 Å². The standard InChI is InChI=1S/C36H45N4O9S3.Mo/c1-7-17-39(19-9-15-37-35(42)23(3)4)51(46,47)31-22-32(52(48,49)40(18-8-2)20-10-16-38-36(43)24(5)6)28-14-12-26-30(50(44)45)21-29(41)25-11-13-27(31)34(28)33(25)26;/h11-14,21-22,41H,3,5,7-10,15-20H2,1-2,4,6H3,(H,37,42)(H,38,43);. The van der Waals surface area contributed by atoms with E-state index >= 15 is 0 Å². The molecule has 4 aromatic rings. The number of nitrogens with zero attached hydrogens (tertiary/aromatic N) is 2. The molecular weight excluding hydrogens is 825 g/mol. The van der Waals surface area contributed by atoms with Gasteiger partial charge in [0.15, 0.2) is 0 Å². The van der Waals surface area contributed by atoms with Crippen LogP contribution in [0.4, 0.5) is 0 Å². The van der Waals surface area contributed by atoms with Crippen LogP contribution in [-0.2, 0) is 55.7 Å². The van der Waals surface area contributed by atoms with Crippen molar-refractivity contribution in [1.82, 2.24) is 19.2 Å². The van der Waals surface area contributed by atoms with Crippen LogP contribution in [0.25, 0.3) is 32.3 Å². The molecule has 0 aromatic heterocycles. The monoisotopic (exact) mass is 871 g/mol. The van der Waals surface area contributed by atoms with Crippen LogP contribution in [-0.4, -0.2) is 90.1 Å². The number of aromatic hydroxyl groups is 1. The van der Waals surface area contributed by atoms with Gasteiger partial charge in [-0.05, 0) is 13.8 Å². The molecule has 13 nitrogen and oxygen atoms in total. The van der Waals surface area contributed by atoms with Gasteiger partial charge in [-0.25, -0.2) is 0 Å². The Bertz CT molecular complexity index is 2320. The zero-order chi connectivity index (χ0) is 39.5. The van der Waals surface area contributed by atoms with E-state index in [0.717, 1.165) is 24.6 Å². The number of amides is 2. The van der Waals surface area contributed by atoms with Crippen LogP contribution in [0.3, 0.4) is 0 Å². The number of nitrogens with one attached hydrogen (secondary N) is 2. The number of carbonyl (C=O) groups is 2. The maximum absolute atomic E-state index is 14.7. The Morgan fingerprint density at radius 1 is 0.660 bits per heavy atom. The van der Waals surface area contributed by atoms with Crippen LogP contribution in [0.15, 0.2) is 75.4 Å². The average Bonchev–Trinajstić information content (AvgIpc) is 3.08. The van der Waals surface area contributed by atoms with Crippen LogP contribution in [0.5, 0.6) is 5.75 Å². The van der Waals surface area contributed by atoms with E-state index in [1.165, 1.54) is 38.9 Å². The molecule has 287 valence electrons. The van der Waals surface area contributed by atoms with E-state index in [-0.39, 0.29) is 117 Å². The van der Waals surface area contributed by atoms with Crippen LogP contribution in [0.2, 0.25) is 0 Å². The second-order valence-electron chi connectivity index (χ2n) is 12.9. The number of sulfonamides is 2. The molecule has 4 aromatic carbocycles. The number of hydrogen-bond donors (Lipinski definition) is 3. The molecule has 0 aliphatic heterocycles. The Balaban J connectivity index is 2.00. The fraction of sp³-hybridized carbons (Fsp3) is 0.389. The molecule has 0 spiro atoms. The van der Waals surface area contributed by atoms with Crippen molar-refractivity contribution >= 4 is 71.7 Å². The molecule has 0 radical (unpaired) electrons. The molecule has 53 heavy (non-hydrogen) atoms. The molecule has 0 heterocycles. The van der Waals surface area contributed by atoms with Crippen molar-refractivity contribution in [2.45, 2.75) is 68.1 Å². The summed E-state index contributed by atoms with van der Waals surface area (Å²) >= 11 is 0.902. The van der Waals surface area contributed by atoms with Gasteiger partial charge in [0.05, 0.1) is 0 Å². The molecule has 17 heteroatoms. The number of phenolic OH excluding ortho intramolecular Hbond substituents is 1.